The largest absolute Gasteiger partial charge is 0.508 e. The Balaban J connectivity index is 3.05. The number of aromatic hydroxyl groups is 1. The standard InChI is InChI=1S/C12H15NO2S/c1-12(2,7-16-8-13)10-6-9(15-3)4-5-11(10)14/h4-6,14H,7H2,1-3H3. The molecule has 0 heterocycles. The molecule has 0 aliphatic carbocycles. The third-order valence-electron chi connectivity index (χ3n) is 2.43. The number of phenols is 1. The topological polar surface area (TPSA) is 53.2 Å². The van der Waals surface area contributed by atoms with Crippen molar-refractivity contribution < 1.29 is 9.84 Å². The molecule has 1 rings (SSSR count). The summed E-state index contributed by atoms with van der Waals surface area (Å²) >= 11 is 1.19. The van der Waals surface area contributed by atoms with Gasteiger partial charge in [0.1, 0.15) is 16.9 Å². The molecular weight excluding hydrogens is 222 g/mol. The quantitative estimate of drug-likeness (QED) is 0.818. The normalized spacial score (nSPS) is 10.9. The molecule has 0 amide bonds. The Hall–Kier alpha value is -1.34. The smallest absolute Gasteiger partial charge is 0.133 e. The molecule has 0 spiro atoms. The molecule has 0 aliphatic heterocycles. The molecule has 0 saturated carbocycles. The van der Waals surface area contributed by atoms with Gasteiger partial charge in [0.15, 0.2) is 0 Å². The number of hydrogen-bond acceptors (Lipinski definition) is 4. The number of hydrogen-bond donors (Lipinski definition) is 1. The first-order chi connectivity index (χ1) is 7.51. The van der Waals surface area contributed by atoms with E-state index < -0.39 is 0 Å². The van der Waals surface area contributed by atoms with Crippen molar-refractivity contribution in [3.05, 3.63) is 23.8 Å². The number of phenolic OH excluding ortho intramolecular Hbond substituents is 1. The van der Waals surface area contributed by atoms with Gasteiger partial charge in [-0.25, -0.2) is 0 Å². The number of nitriles is 1. The van der Waals surface area contributed by atoms with Crippen LogP contribution in [0.5, 0.6) is 11.5 Å². The molecule has 0 bridgehead atoms. The van der Waals surface area contributed by atoms with Crippen molar-refractivity contribution in [3.8, 4) is 16.9 Å². The molecule has 0 saturated heterocycles. The van der Waals surface area contributed by atoms with Crippen molar-refractivity contribution in [1.82, 2.24) is 0 Å². The van der Waals surface area contributed by atoms with E-state index in [-0.39, 0.29) is 11.2 Å². The number of nitrogens with zero attached hydrogens (tertiary/aromatic N) is 1. The minimum Gasteiger partial charge on any atom is -0.508 e. The van der Waals surface area contributed by atoms with E-state index in [2.05, 4.69) is 0 Å². The Morgan fingerprint density at radius 1 is 1.50 bits per heavy atom. The first kappa shape index (κ1) is 12.7. The highest BCUT2D eigenvalue weighted by Gasteiger charge is 2.24. The molecule has 1 aromatic carbocycles. The minimum absolute atomic E-state index is 0.240. The summed E-state index contributed by atoms with van der Waals surface area (Å²) in [7, 11) is 1.59. The van der Waals surface area contributed by atoms with Crippen molar-refractivity contribution in [3.63, 3.8) is 0 Å². The fourth-order valence-corrected chi connectivity index (χ4v) is 2.06. The van der Waals surface area contributed by atoms with Gasteiger partial charge in [0.05, 0.1) is 7.11 Å². The van der Waals surface area contributed by atoms with Crippen LogP contribution >= 0.6 is 11.8 Å². The summed E-state index contributed by atoms with van der Waals surface area (Å²) < 4.78 is 5.13. The minimum atomic E-state index is -0.265. The monoisotopic (exact) mass is 237 g/mol. The van der Waals surface area contributed by atoms with Crippen LogP contribution in [-0.4, -0.2) is 18.0 Å². The zero-order valence-electron chi connectivity index (χ0n) is 9.65. The van der Waals surface area contributed by atoms with Gasteiger partial charge in [-0.1, -0.05) is 13.8 Å². The van der Waals surface area contributed by atoms with Crippen LogP contribution in [0.1, 0.15) is 19.4 Å². The summed E-state index contributed by atoms with van der Waals surface area (Å²) in [6.07, 6.45) is 0. The summed E-state index contributed by atoms with van der Waals surface area (Å²) in [4.78, 5) is 0. The highest BCUT2D eigenvalue weighted by molar-refractivity contribution is 8.03. The van der Waals surface area contributed by atoms with Crippen molar-refractivity contribution >= 4 is 11.8 Å². The van der Waals surface area contributed by atoms with Gasteiger partial charge in [-0.15, -0.1) is 0 Å². The van der Waals surface area contributed by atoms with Gasteiger partial charge in [-0.05, 0) is 30.0 Å². The van der Waals surface area contributed by atoms with Crippen molar-refractivity contribution in [2.24, 2.45) is 0 Å². The Labute approximate surface area is 100 Å². The summed E-state index contributed by atoms with van der Waals surface area (Å²) in [5.41, 5.74) is 0.536. The molecule has 4 heteroatoms. The Bertz CT molecular complexity index is 410. The predicted molar refractivity (Wildman–Crippen MR) is 65.8 cm³/mol. The summed E-state index contributed by atoms with van der Waals surface area (Å²) in [5.74, 6) is 1.58. The molecule has 0 aliphatic rings. The van der Waals surface area contributed by atoms with E-state index in [1.165, 1.54) is 11.8 Å². The molecule has 1 aromatic rings. The first-order valence-electron chi connectivity index (χ1n) is 4.89. The SMILES string of the molecule is COc1ccc(O)c(C(C)(C)CSC#N)c1. The van der Waals surface area contributed by atoms with E-state index >= 15 is 0 Å². The maximum absolute atomic E-state index is 9.82. The van der Waals surface area contributed by atoms with Crippen molar-refractivity contribution in [2.45, 2.75) is 19.3 Å². The van der Waals surface area contributed by atoms with Gasteiger partial charge in [0.25, 0.3) is 0 Å². The molecule has 0 radical (unpaired) electrons. The zero-order chi connectivity index (χ0) is 12.2. The molecule has 0 aromatic heterocycles. The van der Waals surface area contributed by atoms with Crippen LogP contribution in [0.15, 0.2) is 18.2 Å². The second-order valence-corrected chi connectivity index (χ2v) is 4.91. The lowest BCUT2D eigenvalue weighted by Gasteiger charge is -2.24. The van der Waals surface area contributed by atoms with Crippen LogP contribution in [0.3, 0.4) is 0 Å². The third-order valence-corrected chi connectivity index (χ3v) is 3.43. The first-order valence-corrected chi connectivity index (χ1v) is 5.88. The molecular formula is C12H15NO2S. The Morgan fingerprint density at radius 3 is 2.75 bits per heavy atom. The Morgan fingerprint density at radius 2 is 2.19 bits per heavy atom. The number of thioether (sulfide) groups is 1. The van der Waals surface area contributed by atoms with Gasteiger partial charge in [-0.3, -0.25) is 0 Å². The maximum Gasteiger partial charge on any atom is 0.133 e. The van der Waals surface area contributed by atoms with Crippen LogP contribution in [0.4, 0.5) is 0 Å². The zero-order valence-corrected chi connectivity index (χ0v) is 10.5. The summed E-state index contributed by atoms with van der Waals surface area (Å²) in [6, 6.07) is 5.15. The average molecular weight is 237 g/mol. The van der Waals surface area contributed by atoms with Crippen LogP contribution in [0.25, 0.3) is 0 Å². The molecule has 16 heavy (non-hydrogen) atoms. The van der Waals surface area contributed by atoms with E-state index in [4.69, 9.17) is 10.00 Å². The van der Waals surface area contributed by atoms with Crippen LogP contribution in [-0.2, 0) is 5.41 Å². The van der Waals surface area contributed by atoms with E-state index in [1.54, 1.807) is 19.2 Å². The van der Waals surface area contributed by atoms with Gasteiger partial charge < -0.3 is 9.84 Å². The highest BCUT2D eigenvalue weighted by atomic mass is 32.2. The van der Waals surface area contributed by atoms with Gasteiger partial charge in [0.2, 0.25) is 0 Å². The number of ether oxygens (including phenoxy) is 1. The van der Waals surface area contributed by atoms with Crippen LogP contribution in [0.2, 0.25) is 0 Å². The van der Waals surface area contributed by atoms with Crippen molar-refractivity contribution in [2.75, 3.05) is 12.9 Å². The molecule has 0 atom stereocenters. The van der Waals surface area contributed by atoms with Gasteiger partial charge in [-0.2, -0.15) is 5.26 Å². The Kier molecular flexibility index (Phi) is 4.08. The summed E-state index contributed by atoms with van der Waals surface area (Å²) in [6.45, 7) is 3.98. The van der Waals surface area contributed by atoms with Gasteiger partial charge in [0, 0.05) is 16.7 Å². The second-order valence-electron chi connectivity index (χ2n) is 4.15. The molecule has 0 fully saturated rings. The lowest BCUT2D eigenvalue weighted by Crippen LogP contribution is -2.20. The second kappa shape index (κ2) is 5.13. The van der Waals surface area contributed by atoms with E-state index in [9.17, 15) is 5.11 Å². The number of methoxy groups -OCH3 is 1. The maximum atomic E-state index is 9.82. The van der Waals surface area contributed by atoms with E-state index in [1.807, 2.05) is 25.3 Å². The number of benzene rings is 1. The van der Waals surface area contributed by atoms with Gasteiger partial charge >= 0.3 is 0 Å². The van der Waals surface area contributed by atoms with E-state index in [0.29, 0.717) is 11.5 Å². The number of rotatable bonds is 4. The number of thiocyanates is 1. The predicted octanol–water partition coefficient (Wildman–Crippen LogP) is 2.89. The third kappa shape index (κ3) is 2.83. The lowest BCUT2D eigenvalue weighted by atomic mass is 9.86. The fourth-order valence-electron chi connectivity index (χ4n) is 1.47. The molecule has 86 valence electrons. The fraction of sp³-hybridized carbons (Fsp3) is 0.417. The van der Waals surface area contributed by atoms with Crippen molar-refractivity contribution in [1.29, 1.82) is 5.26 Å². The summed E-state index contributed by atoms with van der Waals surface area (Å²) in [5, 5.41) is 20.4. The average Bonchev–Trinajstić information content (AvgIpc) is 2.27. The van der Waals surface area contributed by atoms with E-state index in [0.717, 1.165) is 5.56 Å². The van der Waals surface area contributed by atoms with Crippen LogP contribution < -0.4 is 4.74 Å². The molecule has 3 nitrogen and oxygen atoms in total. The highest BCUT2D eigenvalue weighted by Crippen LogP contribution is 2.35. The molecule has 1 N–H and O–H groups in total. The van der Waals surface area contributed by atoms with Crippen LogP contribution in [0, 0.1) is 10.7 Å². The molecule has 0 unspecified atom stereocenters. The lowest BCUT2D eigenvalue weighted by molar-refractivity contribution is 0.406.